The van der Waals surface area contributed by atoms with Crippen LogP contribution in [0.2, 0.25) is 0 Å². The highest BCUT2D eigenvalue weighted by atomic mass is 16.3. The minimum Gasteiger partial charge on any atom is -0.371 e. The number of hydrogen-bond donors (Lipinski definition) is 1. The third-order valence-electron chi connectivity index (χ3n) is 2.22. The molecule has 4 heteroatoms. The van der Waals surface area contributed by atoms with Gasteiger partial charge < -0.3 is 5.11 Å². The number of fused-ring (bicyclic) bond motifs is 1. The lowest BCUT2D eigenvalue weighted by Crippen LogP contribution is -2.15. The molecule has 74 valence electrons. The number of aromatic nitrogens is 3. The topological polar surface area (TPSA) is 50.9 Å². The standard InChI is InChI=1S/C10H13N3O/c1-7(2)10(14)13-9-6-4-3-5-8(9)11-12-13/h3-7,10,14H,1-2H3. The summed E-state index contributed by atoms with van der Waals surface area (Å²) in [5, 5.41) is 17.8. The fourth-order valence-electron chi connectivity index (χ4n) is 1.36. The van der Waals surface area contributed by atoms with Crippen LogP contribution in [0.25, 0.3) is 11.0 Å². The fraction of sp³-hybridized carbons (Fsp3) is 0.400. The van der Waals surface area contributed by atoms with Crippen LogP contribution in [0.4, 0.5) is 0 Å². The summed E-state index contributed by atoms with van der Waals surface area (Å²) in [5.41, 5.74) is 1.68. The van der Waals surface area contributed by atoms with E-state index in [1.807, 2.05) is 38.1 Å². The molecular weight excluding hydrogens is 178 g/mol. The van der Waals surface area contributed by atoms with E-state index in [4.69, 9.17) is 0 Å². The molecule has 1 N–H and O–H groups in total. The molecule has 1 aromatic carbocycles. The van der Waals surface area contributed by atoms with Crippen molar-refractivity contribution in [3.8, 4) is 0 Å². The van der Waals surface area contributed by atoms with Gasteiger partial charge in [-0.1, -0.05) is 31.2 Å². The molecule has 0 radical (unpaired) electrons. The second kappa shape index (κ2) is 3.38. The molecule has 4 nitrogen and oxygen atoms in total. The molecule has 2 rings (SSSR count). The third kappa shape index (κ3) is 1.37. The van der Waals surface area contributed by atoms with Crippen LogP contribution in [-0.4, -0.2) is 20.1 Å². The van der Waals surface area contributed by atoms with Gasteiger partial charge in [0, 0.05) is 0 Å². The Hall–Kier alpha value is -1.42. The van der Waals surface area contributed by atoms with Gasteiger partial charge in [-0.2, -0.15) is 0 Å². The van der Waals surface area contributed by atoms with Gasteiger partial charge in [-0.3, -0.25) is 0 Å². The third-order valence-corrected chi connectivity index (χ3v) is 2.22. The van der Waals surface area contributed by atoms with Crippen molar-refractivity contribution in [2.45, 2.75) is 20.1 Å². The Labute approximate surface area is 82.2 Å². The smallest absolute Gasteiger partial charge is 0.151 e. The normalized spacial score (nSPS) is 13.7. The monoisotopic (exact) mass is 191 g/mol. The van der Waals surface area contributed by atoms with Crippen LogP contribution in [0, 0.1) is 5.92 Å². The van der Waals surface area contributed by atoms with E-state index < -0.39 is 6.23 Å². The average Bonchev–Trinajstić information content (AvgIpc) is 2.60. The lowest BCUT2D eigenvalue weighted by atomic mass is 10.2. The number of aliphatic hydroxyl groups excluding tert-OH is 1. The van der Waals surface area contributed by atoms with E-state index in [1.165, 1.54) is 0 Å². The van der Waals surface area contributed by atoms with E-state index in [1.54, 1.807) is 4.68 Å². The van der Waals surface area contributed by atoms with Gasteiger partial charge in [0.1, 0.15) is 5.52 Å². The summed E-state index contributed by atoms with van der Waals surface area (Å²) in [4.78, 5) is 0. The first kappa shape index (κ1) is 9.15. The van der Waals surface area contributed by atoms with Crippen LogP contribution < -0.4 is 0 Å². The predicted molar refractivity (Wildman–Crippen MR) is 53.6 cm³/mol. The molecule has 0 spiro atoms. The zero-order valence-electron chi connectivity index (χ0n) is 8.25. The van der Waals surface area contributed by atoms with E-state index in [0.29, 0.717) is 0 Å². The minimum absolute atomic E-state index is 0.125. The van der Waals surface area contributed by atoms with Gasteiger partial charge in [-0.25, -0.2) is 4.68 Å². The van der Waals surface area contributed by atoms with Gasteiger partial charge in [0.25, 0.3) is 0 Å². The lowest BCUT2D eigenvalue weighted by molar-refractivity contribution is 0.0473. The van der Waals surface area contributed by atoms with Gasteiger partial charge in [-0.05, 0) is 18.1 Å². The molecule has 0 saturated carbocycles. The molecule has 0 fully saturated rings. The van der Waals surface area contributed by atoms with E-state index in [-0.39, 0.29) is 5.92 Å². The molecule has 0 aliphatic rings. The zero-order chi connectivity index (χ0) is 10.1. The molecule has 1 heterocycles. The van der Waals surface area contributed by atoms with Crippen LogP contribution >= 0.6 is 0 Å². The molecule has 0 saturated heterocycles. The van der Waals surface area contributed by atoms with E-state index in [2.05, 4.69) is 10.3 Å². The van der Waals surface area contributed by atoms with Crippen LogP contribution in [0.5, 0.6) is 0 Å². The second-order valence-corrected chi connectivity index (χ2v) is 3.68. The molecule has 2 aromatic rings. The molecule has 1 aromatic heterocycles. The first-order chi connectivity index (χ1) is 6.70. The van der Waals surface area contributed by atoms with Crippen molar-refractivity contribution in [1.82, 2.24) is 15.0 Å². The Bertz CT molecular complexity index is 436. The largest absolute Gasteiger partial charge is 0.371 e. The van der Waals surface area contributed by atoms with Crippen molar-refractivity contribution in [2.75, 3.05) is 0 Å². The van der Waals surface area contributed by atoms with Gasteiger partial charge >= 0.3 is 0 Å². The summed E-state index contributed by atoms with van der Waals surface area (Å²) >= 11 is 0. The van der Waals surface area contributed by atoms with Gasteiger partial charge in [0.15, 0.2) is 6.23 Å². The number of aliphatic hydroxyl groups is 1. The van der Waals surface area contributed by atoms with E-state index in [0.717, 1.165) is 11.0 Å². The number of para-hydroxylation sites is 1. The SMILES string of the molecule is CC(C)C(O)n1nnc2ccccc21. The first-order valence-electron chi connectivity index (χ1n) is 4.68. The van der Waals surface area contributed by atoms with Gasteiger partial charge in [0.2, 0.25) is 0 Å². The Morgan fingerprint density at radius 1 is 1.29 bits per heavy atom. The quantitative estimate of drug-likeness (QED) is 0.784. The Morgan fingerprint density at radius 3 is 2.71 bits per heavy atom. The van der Waals surface area contributed by atoms with Gasteiger partial charge in [-0.15, -0.1) is 5.10 Å². The molecule has 0 amide bonds. The summed E-state index contributed by atoms with van der Waals surface area (Å²) < 4.78 is 1.56. The molecule has 1 atom stereocenters. The first-order valence-corrected chi connectivity index (χ1v) is 4.68. The summed E-state index contributed by atoms with van der Waals surface area (Å²) in [6, 6.07) is 7.60. The van der Waals surface area contributed by atoms with E-state index >= 15 is 0 Å². The predicted octanol–water partition coefficient (Wildman–Crippen LogP) is 1.58. The highest BCUT2D eigenvalue weighted by Gasteiger charge is 2.15. The van der Waals surface area contributed by atoms with Crippen molar-refractivity contribution in [3.63, 3.8) is 0 Å². The second-order valence-electron chi connectivity index (χ2n) is 3.68. The van der Waals surface area contributed by atoms with Crippen molar-refractivity contribution < 1.29 is 5.11 Å². The fourth-order valence-corrected chi connectivity index (χ4v) is 1.36. The minimum atomic E-state index is -0.609. The maximum Gasteiger partial charge on any atom is 0.151 e. The molecule has 0 aliphatic heterocycles. The van der Waals surface area contributed by atoms with Crippen LogP contribution in [-0.2, 0) is 0 Å². The van der Waals surface area contributed by atoms with Crippen LogP contribution in [0.1, 0.15) is 20.1 Å². The maximum atomic E-state index is 9.85. The number of rotatable bonds is 2. The highest BCUT2D eigenvalue weighted by Crippen LogP contribution is 2.18. The molecule has 0 bridgehead atoms. The maximum absolute atomic E-state index is 9.85. The number of hydrogen-bond acceptors (Lipinski definition) is 3. The highest BCUT2D eigenvalue weighted by molar-refractivity contribution is 5.73. The van der Waals surface area contributed by atoms with Crippen molar-refractivity contribution in [2.24, 2.45) is 5.92 Å². The van der Waals surface area contributed by atoms with Crippen LogP contribution in [0.15, 0.2) is 24.3 Å². The Kier molecular flexibility index (Phi) is 2.21. The summed E-state index contributed by atoms with van der Waals surface area (Å²) in [6.45, 7) is 3.89. The van der Waals surface area contributed by atoms with Crippen molar-refractivity contribution in [1.29, 1.82) is 0 Å². The summed E-state index contributed by atoms with van der Waals surface area (Å²) in [6.07, 6.45) is -0.609. The molecule has 0 aliphatic carbocycles. The van der Waals surface area contributed by atoms with Crippen LogP contribution in [0.3, 0.4) is 0 Å². The van der Waals surface area contributed by atoms with Gasteiger partial charge in [0.05, 0.1) is 5.52 Å². The Balaban J connectivity index is 2.53. The summed E-state index contributed by atoms with van der Waals surface area (Å²) in [5.74, 6) is 0.125. The zero-order valence-corrected chi connectivity index (χ0v) is 8.25. The molecule has 14 heavy (non-hydrogen) atoms. The molecular formula is C10H13N3O. The Morgan fingerprint density at radius 2 is 2.00 bits per heavy atom. The van der Waals surface area contributed by atoms with E-state index in [9.17, 15) is 5.11 Å². The van der Waals surface area contributed by atoms with Crippen molar-refractivity contribution in [3.05, 3.63) is 24.3 Å². The average molecular weight is 191 g/mol. The van der Waals surface area contributed by atoms with Crippen molar-refractivity contribution >= 4 is 11.0 Å². The molecule has 1 unspecified atom stereocenters. The lowest BCUT2D eigenvalue weighted by Gasteiger charge is -2.14. The number of benzene rings is 1. The number of nitrogens with zero attached hydrogens (tertiary/aromatic N) is 3. The summed E-state index contributed by atoms with van der Waals surface area (Å²) in [7, 11) is 0.